The summed E-state index contributed by atoms with van der Waals surface area (Å²) in [7, 11) is 0. The van der Waals surface area contributed by atoms with E-state index in [1.807, 2.05) is 12.1 Å². The first kappa shape index (κ1) is 10.0. The molecule has 1 aromatic rings. The van der Waals surface area contributed by atoms with E-state index in [2.05, 4.69) is 15.9 Å². The van der Waals surface area contributed by atoms with Crippen LogP contribution in [0.2, 0.25) is 5.02 Å². The molecule has 0 saturated carbocycles. The topological polar surface area (TPSA) is 0 Å². The zero-order chi connectivity index (χ0) is 8.97. The van der Waals surface area contributed by atoms with Crippen molar-refractivity contribution in [3.05, 3.63) is 34.9 Å². The third-order valence-electron chi connectivity index (χ3n) is 1.51. The van der Waals surface area contributed by atoms with Crippen LogP contribution in [0.4, 0.5) is 4.39 Å². The molecule has 66 valence electrons. The number of hydrogen-bond acceptors (Lipinski definition) is 0. The van der Waals surface area contributed by atoms with Gasteiger partial charge in [0.15, 0.2) is 0 Å². The first-order valence-electron chi connectivity index (χ1n) is 3.67. The molecular formula is C9H9BrClF. The van der Waals surface area contributed by atoms with Crippen molar-refractivity contribution in [3.8, 4) is 0 Å². The van der Waals surface area contributed by atoms with Crippen molar-refractivity contribution >= 4 is 27.5 Å². The molecule has 0 aliphatic carbocycles. The first-order valence-corrected chi connectivity index (χ1v) is 5.17. The molecular weight excluding hydrogens is 242 g/mol. The van der Waals surface area contributed by atoms with Gasteiger partial charge in [-0.15, -0.1) is 0 Å². The van der Waals surface area contributed by atoms with Crippen molar-refractivity contribution in [2.24, 2.45) is 0 Å². The molecule has 0 amide bonds. The van der Waals surface area contributed by atoms with Gasteiger partial charge in [0, 0.05) is 16.8 Å². The number of benzene rings is 1. The molecule has 1 rings (SSSR count). The molecule has 0 heterocycles. The second-order valence-corrected chi connectivity index (χ2v) is 3.67. The molecule has 0 N–H and O–H groups in total. The predicted molar refractivity (Wildman–Crippen MR) is 53.8 cm³/mol. The van der Waals surface area contributed by atoms with Crippen molar-refractivity contribution in [1.29, 1.82) is 0 Å². The maximum atomic E-state index is 12.9. The highest BCUT2D eigenvalue weighted by atomic mass is 79.9. The van der Waals surface area contributed by atoms with Gasteiger partial charge in [-0.1, -0.05) is 39.7 Å². The van der Waals surface area contributed by atoms with E-state index in [1.54, 1.807) is 12.1 Å². The van der Waals surface area contributed by atoms with E-state index in [1.165, 1.54) is 0 Å². The Kier molecular flexibility index (Phi) is 4.02. The molecule has 0 aromatic heterocycles. The Bertz CT molecular complexity index is 252. The monoisotopic (exact) mass is 250 g/mol. The smallest absolute Gasteiger partial charge is 0.114 e. The van der Waals surface area contributed by atoms with Gasteiger partial charge >= 0.3 is 0 Å². The molecule has 3 heteroatoms. The molecule has 1 aromatic carbocycles. The van der Waals surface area contributed by atoms with E-state index in [9.17, 15) is 4.39 Å². The van der Waals surface area contributed by atoms with E-state index < -0.39 is 6.17 Å². The van der Waals surface area contributed by atoms with Gasteiger partial charge in [-0.2, -0.15) is 0 Å². The molecule has 0 aliphatic rings. The van der Waals surface area contributed by atoms with Gasteiger partial charge in [-0.25, -0.2) is 4.39 Å². The quantitative estimate of drug-likeness (QED) is 0.720. The Labute approximate surface area is 84.9 Å². The molecule has 0 saturated heterocycles. The van der Waals surface area contributed by atoms with Gasteiger partial charge in [0.25, 0.3) is 0 Å². The largest absolute Gasteiger partial charge is 0.246 e. The normalized spacial score (nSPS) is 12.9. The summed E-state index contributed by atoms with van der Waals surface area (Å²) in [6.07, 6.45) is -0.408. The van der Waals surface area contributed by atoms with E-state index in [-0.39, 0.29) is 0 Å². The minimum absolute atomic E-state index is 0.375. The predicted octanol–water partition coefficient (Wildman–Crippen LogP) is 3.62. The minimum Gasteiger partial charge on any atom is -0.246 e. The summed E-state index contributed by atoms with van der Waals surface area (Å²) in [6.45, 7) is 0. The van der Waals surface area contributed by atoms with Crippen LogP contribution >= 0.6 is 27.5 Å². The molecule has 0 nitrogen and oxygen atoms in total. The fourth-order valence-electron chi connectivity index (χ4n) is 0.974. The molecule has 0 aliphatic heterocycles. The molecule has 1 atom stereocenters. The van der Waals surface area contributed by atoms with E-state index in [0.29, 0.717) is 16.8 Å². The molecule has 0 bridgehead atoms. The average molecular weight is 252 g/mol. The third-order valence-corrected chi connectivity index (χ3v) is 2.45. The molecule has 1 unspecified atom stereocenters. The van der Waals surface area contributed by atoms with Crippen molar-refractivity contribution in [3.63, 3.8) is 0 Å². The highest BCUT2D eigenvalue weighted by molar-refractivity contribution is 9.09. The zero-order valence-corrected chi connectivity index (χ0v) is 8.78. The Hall–Kier alpha value is -0.0800. The van der Waals surface area contributed by atoms with Gasteiger partial charge < -0.3 is 0 Å². The van der Waals surface area contributed by atoms with Crippen LogP contribution in [0.5, 0.6) is 0 Å². The lowest BCUT2D eigenvalue weighted by atomic mass is 10.1. The van der Waals surface area contributed by atoms with E-state index in [4.69, 9.17) is 11.6 Å². The molecule has 0 radical (unpaired) electrons. The van der Waals surface area contributed by atoms with Crippen LogP contribution in [-0.4, -0.2) is 11.5 Å². The molecule has 0 fully saturated rings. The lowest BCUT2D eigenvalue weighted by molar-refractivity contribution is 0.368. The lowest BCUT2D eigenvalue weighted by Crippen LogP contribution is -2.05. The second kappa shape index (κ2) is 4.83. The summed E-state index contributed by atoms with van der Waals surface area (Å²) in [5.74, 6) is 0. The Balaban J connectivity index is 2.63. The van der Waals surface area contributed by atoms with Crippen molar-refractivity contribution in [1.82, 2.24) is 0 Å². The van der Waals surface area contributed by atoms with Crippen LogP contribution in [-0.2, 0) is 6.42 Å². The van der Waals surface area contributed by atoms with Crippen molar-refractivity contribution in [2.75, 3.05) is 5.33 Å². The molecule has 0 spiro atoms. The average Bonchev–Trinajstić information content (AvgIpc) is 2.04. The third kappa shape index (κ3) is 3.11. The highest BCUT2D eigenvalue weighted by Gasteiger charge is 2.05. The van der Waals surface area contributed by atoms with Gasteiger partial charge in [0.2, 0.25) is 0 Å². The zero-order valence-electron chi connectivity index (χ0n) is 6.43. The standard InChI is InChI=1S/C9H9BrClF/c10-6-9(12)5-7-2-1-3-8(11)4-7/h1-4,9H,5-6H2. The van der Waals surface area contributed by atoms with Gasteiger partial charge in [0.1, 0.15) is 6.17 Å². The van der Waals surface area contributed by atoms with Crippen molar-refractivity contribution < 1.29 is 4.39 Å². The Morgan fingerprint density at radius 2 is 2.25 bits per heavy atom. The van der Waals surface area contributed by atoms with Crippen LogP contribution in [0.15, 0.2) is 24.3 Å². The van der Waals surface area contributed by atoms with Crippen LogP contribution in [0, 0.1) is 0 Å². The Morgan fingerprint density at radius 3 is 2.83 bits per heavy atom. The summed E-state index contributed by atoms with van der Waals surface area (Å²) in [5, 5.41) is 1.04. The highest BCUT2D eigenvalue weighted by Crippen LogP contribution is 2.13. The van der Waals surface area contributed by atoms with Crippen LogP contribution in [0.3, 0.4) is 0 Å². The number of hydrogen-bond donors (Lipinski definition) is 0. The number of alkyl halides is 2. The van der Waals surface area contributed by atoms with Gasteiger partial charge in [0.05, 0.1) is 0 Å². The fourth-order valence-corrected chi connectivity index (χ4v) is 1.42. The summed E-state index contributed by atoms with van der Waals surface area (Å²) >= 11 is 8.82. The Morgan fingerprint density at radius 1 is 1.50 bits per heavy atom. The lowest BCUT2D eigenvalue weighted by Gasteiger charge is -2.03. The van der Waals surface area contributed by atoms with E-state index in [0.717, 1.165) is 5.56 Å². The van der Waals surface area contributed by atoms with E-state index >= 15 is 0 Å². The summed E-state index contributed by atoms with van der Waals surface area (Å²) < 4.78 is 12.9. The second-order valence-electron chi connectivity index (χ2n) is 2.59. The van der Waals surface area contributed by atoms with Gasteiger partial charge in [-0.3, -0.25) is 0 Å². The maximum absolute atomic E-state index is 12.9. The summed E-state index contributed by atoms with van der Waals surface area (Å²) in [6, 6.07) is 7.28. The van der Waals surface area contributed by atoms with Crippen LogP contribution in [0.1, 0.15) is 5.56 Å². The van der Waals surface area contributed by atoms with Crippen LogP contribution < -0.4 is 0 Å². The number of halogens is 3. The summed E-state index contributed by atoms with van der Waals surface area (Å²) in [4.78, 5) is 0. The van der Waals surface area contributed by atoms with Gasteiger partial charge in [-0.05, 0) is 17.7 Å². The van der Waals surface area contributed by atoms with Crippen molar-refractivity contribution in [2.45, 2.75) is 12.6 Å². The van der Waals surface area contributed by atoms with Crippen LogP contribution in [0.25, 0.3) is 0 Å². The fraction of sp³-hybridized carbons (Fsp3) is 0.333. The molecule has 12 heavy (non-hydrogen) atoms. The SMILES string of the molecule is FC(CBr)Cc1cccc(Cl)c1. The summed E-state index contributed by atoms with van der Waals surface area (Å²) in [5.41, 5.74) is 0.939. The first-order chi connectivity index (χ1) is 5.72. The minimum atomic E-state index is -0.830. The maximum Gasteiger partial charge on any atom is 0.114 e. The number of rotatable bonds is 3.